The normalized spacial score (nSPS) is 10.6. The summed E-state index contributed by atoms with van der Waals surface area (Å²) in [6.45, 7) is 1.44. The van der Waals surface area contributed by atoms with E-state index in [2.05, 4.69) is 9.88 Å². The Hall–Kier alpha value is -2.40. The van der Waals surface area contributed by atoms with Gasteiger partial charge in [-0.05, 0) is 36.9 Å². The zero-order valence-electron chi connectivity index (χ0n) is 12.1. The molecule has 1 aromatic carbocycles. The van der Waals surface area contributed by atoms with Crippen LogP contribution in [0.25, 0.3) is 0 Å². The van der Waals surface area contributed by atoms with Crippen molar-refractivity contribution in [1.82, 2.24) is 9.88 Å². The van der Waals surface area contributed by atoms with Gasteiger partial charge in [-0.1, -0.05) is 12.1 Å². The van der Waals surface area contributed by atoms with Crippen LogP contribution >= 0.6 is 0 Å². The number of rotatable bonds is 6. The molecule has 21 heavy (non-hydrogen) atoms. The average molecular weight is 286 g/mol. The van der Waals surface area contributed by atoms with E-state index < -0.39 is 5.97 Å². The molecule has 1 aromatic heterocycles. The van der Waals surface area contributed by atoms with Gasteiger partial charge in [-0.15, -0.1) is 0 Å². The van der Waals surface area contributed by atoms with E-state index >= 15 is 0 Å². The highest BCUT2D eigenvalue weighted by Crippen LogP contribution is 2.13. The summed E-state index contributed by atoms with van der Waals surface area (Å²) in [6.07, 6.45) is 1.39. The second-order valence-electron chi connectivity index (χ2n) is 4.86. The lowest BCUT2D eigenvalue weighted by molar-refractivity contribution is 0.0696. The van der Waals surface area contributed by atoms with Crippen molar-refractivity contribution in [1.29, 1.82) is 0 Å². The van der Waals surface area contributed by atoms with Gasteiger partial charge in [0.15, 0.2) is 0 Å². The van der Waals surface area contributed by atoms with Crippen molar-refractivity contribution in [2.45, 2.75) is 13.1 Å². The molecule has 2 rings (SSSR count). The molecule has 5 nitrogen and oxygen atoms in total. The van der Waals surface area contributed by atoms with E-state index in [-0.39, 0.29) is 5.56 Å². The predicted molar refractivity (Wildman–Crippen MR) is 79.4 cm³/mol. The Kier molecular flexibility index (Phi) is 4.90. The predicted octanol–water partition coefficient (Wildman–Crippen LogP) is 2.42. The first-order valence-corrected chi connectivity index (χ1v) is 6.58. The molecule has 5 heteroatoms. The van der Waals surface area contributed by atoms with Gasteiger partial charge < -0.3 is 9.84 Å². The van der Waals surface area contributed by atoms with Crippen molar-refractivity contribution in [3.05, 3.63) is 59.4 Å². The summed E-state index contributed by atoms with van der Waals surface area (Å²) in [5.41, 5.74) is 2.23. The van der Waals surface area contributed by atoms with Crippen LogP contribution in [0.5, 0.6) is 5.75 Å². The Morgan fingerprint density at radius 2 is 1.90 bits per heavy atom. The molecule has 1 heterocycles. The molecule has 0 spiro atoms. The number of carboxylic acid groups (broad SMARTS) is 1. The van der Waals surface area contributed by atoms with E-state index in [1.165, 1.54) is 11.8 Å². The minimum absolute atomic E-state index is 0.205. The quantitative estimate of drug-likeness (QED) is 0.883. The van der Waals surface area contributed by atoms with Crippen LogP contribution in [0.1, 0.15) is 21.6 Å². The summed E-state index contributed by atoms with van der Waals surface area (Å²) in [5, 5.41) is 8.83. The third-order valence-corrected chi connectivity index (χ3v) is 3.12. The van der Waals surface area contributed by atoms with E-state index in [9.17, 15) is 4.79 Å². The minimum atomic E-state index is -0.958. The van der Waals surface area contributed by atoms with Gasteiger partial charge in [-0.25, -0.2) is 4.79 Å². The number of hydrogen-bond acceptors (Lipinski definition) is 4. The molecule has 0 aliphatic rings. The Balaban J connectivity index is 1.94. The highest BCUT2D eigenvalue weighted by Gasteiger charge is 2.06. The largest absolute Gasteiger partial charge is 0.497 e. The fourth-order valence-electron chi connectivity index (χ4n) is 2.02. The Morgan fingerprint density at radius 1 is 1.19 bits per heavy atom. The molecule has 0 bridgehead atoms. The molecule has 0 aliphatic heterocycles. The van der Waals surface area contributed by atoms with Gasteiger partial charge in [0.05, 0.1) is 18.4 Å². The molecule has 0 aliphatic carbocycles. The molecular weight excluding hydrogens is 268 g/mol. The Bertz CT molecular complexity index is 594. The lowest BCUT2D eigenvalue weighted by Gasteiger charge is -2.16. The fourth-order valence-corrected chi connectivity index (χ4v) is 2.02. The van der Waals surface area contributed by atoms with Crippen molar-refractivity contribution in [2.75, 3.05) is 14.2 Å². The van der Waals surface area contributed by atoms with Gasteiger partial charge in [0, 0.05) is 19.3 Å². The maximum Gasteiger partial charge on any atom is 0.337 e. The summed E-state index contributed by atoms with van der Waals surface area (Å²) in [6, 6.07) is 11.2. The molecule has 0 saturated heterocycles. The third-order valence-electron chi connectivity index (χ3n) is 3.12. The van der Waals surface area contributed by atoms with Gasteiger partial charge in [0.25, 0.3) is 0 Å². The molecule has 0 radical (unpaired) electrons. The topological polar surface area (TPSA) is 62.7 Å². The van der Waals surface area contributed by atoms with Gasteiger partial charge in [0.2, 0.25) is 0 Å². The fraction of sp³-hybridized carbons (Fsp3) is 0.250. The number of benzene rings is 1. The molecule has 0 fully saturated rings. The van der Waals surface area contributed by atoms with Gasteiger partial charge in [0.1, 0.15) is 5.75 Å². The molecule has 110 valence electrons. The number of methoxy groups -OCH3 is 1. The molecule has 2 aromatic rings. The monoisotopic (exact) mass is 286 g/mol. The van der Waals surface area contributed by atoms with E-state index in [0.717, 1.165) is 18.0 Å². The lowest BCUT2D eigenvalue weighted by atomic mass is 10.2. The summed E-state index contributed by atoms with van der Waals surface area (Å²) in [5.74, 6) is -0.118. The standard InChI is InChI=1S/C16H18N2O3/c1-18(10-12-3-7-15(21-2)8-4-12)11-14-6-5-13(9-17-14)16(19)20/h3-9H,10-11H2,1-2H3,(H,19,20). The smallest absolute Gasteiger partial charge is 0.337 e. The number of hydrogen-bond donors (Lipinski definition) is 1. The summed E-state index contributed by atoms with van der Waals surface area (Å²) >= 11 is 0. The maximum absolute atomic E-state index is 10.8. The molecular formula is C16H18N2O3. The maximum atomic E-state index is 10.8. The van der Waals surface area contributed by atoms with Crippen molar-refractivity contribution < 1.29 is 14.6 Å². The van der Waals surface area contributed by atoms with Crippen molar-refractivity contribution in [2.24, 2.45) is 0 Å². The number of pyridine rings is 1. The van der Waals surface area contributed by atoms with Crippen LogP contribution in [-0.2, 0) is 13.1 Å². The van der Waals surface area contributed by atoms with Crippen LogP contribution in [0, 0.1) is 0 Å². The highest BCUT2D eigenvalue weighted by molar-refractivity contribution is 5.87. The van der Waals surface area contributed by atoms with Crippen LogP contribution in [0.15, 0.2) is 42.6 Å². The van der Waals surface area contributed by atoms with Crippen molar-refractivity contribution in [3.63, 3.8) is 0 Å². The molecule has 1 N–H and O–H groups in total. The number of carbonyl (C=O) groups is 1. The zero-order chi connectivity index (χ0) is 15.2. The van der Waals surface area contributed by atoms with Crippen LogP contribution in [0.4, 0.5) is 0 Å². The number of nitrogens with zero attached hydrogens (tertiary/aromatic N) is 2. The number of aromatic nitrogens is 1. The van der Waals surface area contributed by atoms with E-state index in [0.29, 0.717) is 6.54 Å². The first-order valence-electron chi connectivity index (χ1n) is 6.58. The Morgan fingerprint density at radius 3 is 2.43 bits per heavy atom. The van der Waals surface area contributed by atoms with Crippen molar-refractivity contribution in [3.8, 4) is 5.75 Å². The van der Waals surface area contributed by atoms with E-state index in [1.54, 1.807) is 19.2 Å². The number of aromatic carboxylic acids is 1. The van der Waals surface area contributed by atoms with E-state index in [4.69, 9.17) is 9.84 Å². The van der Waals surface area contributed by atoms with E-state index in [1.807, 2.05) is 31.3 Å². The third kappa shape index (κ3) is 4.29. The van der Waals surface area contributed by atoms with Crippen molar-refractivity contribution >= 4 is 5.97 Å². The second-order valence-corrected chi connectivity index (χ2v) is 4.86. The molecule has 0 atom stereocenters. The summed E-state index contributed by atoms with van der Waals surface area (Å²) in [7, 11) is 3.64. The zero-order valence-corrected chi connectivity index (χ0v) is 12.1. The highest BCUT2D eigenvalue weighted by atomic mass is 16.5. The Labute approximate surface area is 123 Å². The molecule has 0 unspecified atom stereocenters. The first-order chi connectivity index (χ1) is 10.1. The second kappa shape index (κ2) is 6.85. The first kappa shape index (κ1) is 15.0. The van der Waals surface area contributed by atoms with Crippen LogP contribution in [-0.4, -0.2) is 35.1 Å². The molecule has 0 amide bonds. The lowest BCUT2D eigenvalue weighted by Crippen LogP contribution is -2.18. The SMILES string of the molecule is COc1ccc(CN(C)Cc2ccc(C(=O)O)cn2)cc1. The van der Waals surface area contributed by atoms with Crippen LogP contribution < -0.4 is 4.74 Å². The summed E-state index contributed by atoms with van der Waals surface area (Å²) < 4.78 is 5.13. The average Bonchev–Trinajstić information content (AvgIpc) is 2.48. The number of carboxylic acids is 1. The van der Waals surface area contributed by atoms with Gasteiger partial charge >= 0.3 is 5.97 Å². The van der Waals surface area contributed by atoms with Crippen LogP contribution in [0.3, 0.4) is 0 Å². The van der Waals surface area contributed by atoms with Gasteiger partial charge in [-0.2, -0.15) is 0 Å². The van der Waals surface area contributed by atoms with Crippen LogP contribution in [0.2, 0.25) is 0 Å². The molecule has 0 saturated carbocycles. The number of ether oxygens (including phenoxy) is 1. The van der Waals surface area contributed by atoms with Gasteiger partial charge in [-0.3, -0.25) is 9.88 Å². The minimum Gasteiger partial charge on any atom is -0.497 e. The summed E-state index contributed by atoms with van der Waals surface area (Å²) in [4.78, 5) is 17.0.